The van der Waals surface area contributed by atoms with Crippen molar-refractivity contribution in [1.29, 1.82) is 0 Å². The summed E-state index contributed by atoms with van der Waals surface area (Å²) in [4.78, 5) is 13.2. The number of aliphatic hydroxyl groups is 1. The molecule has 4 nitrogen and oxygen atoms in total. The molecule has 0 saturated carbocycles. The van der Waals surface area contributed by atoms with E-state index in [4.69, 9.17) is 0 Å². The van der Waals surface area contributed by atoms with Gasteiger partial charge >= 0.3 is 6.03 Å². The van der Waals surface area contributed by atoms with E-state index >= 15 is 0 Å². The number of fused-ring (bicyclic) bond motifs is 1. The molecule has 2 amide bonds. The molecule has 0 aromatic heterocycles. The summed E-state index contributed by atoms with van der Waals surface area (Å²) in [6.07, 6.45) is 1.50. The normalized spacial score (nSPS) is 16.3. The third-order valence-corrected chi connectivity index (χ3v) is 3.96. The minimum atomic E-state index is -0.428. The lowest BCUT2D eigenvalue weighted by Crippen LogP contribution is -2.35. The Balaban J connectivity index is 2.26. The van der Waals surface area contributed by atoms with Gasteiger partial charge in [-0.25, -0.2) is 4.79 Å². The molecule has 1 unspecified atom stereocenters. The van der Waals surface area contributed by atoms with E-state index < -0.39 is 6.10 Å². The number of urea groups is 1. The van der Waals surface area contributed by atoms with Gasteiger partial charge in [-0.3, -0.25) is 0 Å². The highest BCUT2D eigenvalue weighted by atomic mass is 16.3. The fourth-order valence-electron chi connectivity index (χ4n) is 2.60. The number of hydrogen-bond donors (Lipinski definition) is 2. The van der Waals surface area contributed by atoms with Gasteiger partial charge in [-0.1, -0.05) is 32.8 Å². The van der Waals surface area contributed by atoms with Crippen molar-refractivity contribution in [2.45, 2.75) is 39.3 Å². The molecular formula is C15H22N2O2. The van der Waals surface area contributed by atoms with Gasteiger partial charge in [-0.05, 0) is 29.2 Å². The Kier molecular flexibility index (Phi) is 4.10. The Hall–Kier alpha value is -1.55. The summed E-state index contributed by atoms with van der Waals surface area (Å²) in [7, 11) is 1.77. The van der Waals surface area contributed by atoms with Crippen molar-refractivity contribution >= 4 is 11.7 Å². The molecule has 1 atom stereocenters. The van der Waals surface area contributed by atoms with E-state index in [1.165, 1.54) is 0 Å². The molecular weight excluding hydrogens is 240 g/mol. The molecule has 0 bridgehead atoms. The number of benzene rings is 1. The molecule has 1 aliphatic heterocycles. The summed E-state index contributed by atoms with van der Waals surface area (Å²) in [6.45, 7) is 4.79. The second kappa shape index (κ2) is 5.61. The van der Waals surface area contributed by atoms with Crippen LogP contribution in [0.15, 0.2) is 18.2 Å². The predicted octanol–water partition coefficient (Wildman–Crippen LogP) is 3.13. The van der Waals surface area contributed by atoms with Crippen LogP contribution in [0.5, 0.6) is 0 Å². The Morgan fingerprint density at radius 3 is 2.68 bits per heavy atom. The van der Waals surface area contributed by atoms with Gasteiger partial charge in [0.25, 0.3) is 0 Å². The van der Waals surface area contributed by atoms with E-state index in [2.05, 4.69) is 19.2 Å². The zero-order valence-electron chi connectivity index (χ0n) is 11.8. The third kappa shape index (κ3) is 2.73. The van der Waals surface area contributed by atoms with Gasteiger partial charge in [0, 0.05) is 19.3 Å². The molecule has 1 heterocycles. The first-order valence-corrected chi connectivity index (χ1v) is 6.89. The second-order valence-electron chi connectivity index (χ2n) is 5.22. The van der Waals surface area contributed by atoms with E-state index in [1.54, 1.807) is 11.9 Å². The third-order valence-electron chi connectivity index (χ3n) is 3.96. The quantitative estimate of drug-likeness (QED) is 0.876. The van der Waals surface area contributed by atoms with Crippen LogP contribution in [0.3, 0.4) is 0 Å². The minimum absolute atomic E-state index is 0.0826. The van der Waals surface area contributed by atoms with E-state index in [0.717, 1.165) is 29.7 Å². The van der Waals surface area contributed by atoms with Gasteiger partial charge in [0.1, 0.15) is 0 Å². The van der Waals surface area contributed by atoms with Crippen LogP contribution in [0.2, 0.25) is 0 Å². The SMILES string of the molecule is CCC(CC)C(O)c1ccc2c(c1)CN(C)C(=O)N2. The number of amides is 2. The number of anilines is 1. The average molecular weight is 262 g/mol. The number of hydrogen-bond acceptors (Lipinski definition) is 2. The van der Waals surface area contributed by atoms with Gasteiger partial charge in [-0.2, -0.15) is 0 Å². The highest BCUT2D eigenvalue weighted by Gasteiger charge is 2.22. The molecule has 4 heteroatoms. The first-order valence-electron chi connectivity index (χ1n) is 6.89. The van der Waals surface area contributed by atoms with Crippen molar-refractivity contribution in [3.8, 4) is 0 Å². The molecule has 2 N–H and O–H groups in total. The number of aliphatic hydroxyl groups excluding tert-OH is 1. The van der Waals surface area contributed by atoms with Crippen LogP contribution in [-0.2, 0) is 6.54 Å². The maximum absolute atomic E-state index is 11.5. The maximum atomic E-state index is 11.5. The Labute approximate surface area is 114 Å². The highest BCUT2D eigenvalue weighted by Crippen LogP contribution is 2.31. The van der Waals surface area contributed by atoms with Gasteiger partial charge in [0.15, 0.2) is 0 Å². The summed E-state index contributed by atoms with van der Waals surface area (Å²) in [5.74, 6) is 0.286. The topological polar surface area (TPSA) is 52.6 Å². The largest absolute Gasteiger partial charge is 0.388 e. The molecule has 2 rings (SSSR count). The Morgan fingerprint density at radius 1 is 1.37 bits per heavy atom. The molecule has 19 heavy (non-hydrogen) atoms. The van der Waals surface area contributed by atoms with Crippen molar-refractivity contribution in [2.24, 2.45) is 5.92 Å². The predicted molar refractivity (Wildman–Crippen MR) is 76.0 cm³/mol. The van der Waals surface area contributed by atoms with E-state index in [0.29, 0.717) is 6.54 Å². The molecule has 1 aromatic carbocycles. The van der Waals surface area contributed by atoms with Crippen molar-refractivity contribution < 1.29 is 9.90 Å². The summed E-state index contributed by atoms with van der Waals surface area (Å²) in [5, 5.41) is 13.2. The summed E-state index contributed by atoms with van der Waals surface area (Å²) in [5.41, 5.74) is 2.85. The van der Waals surface area contributed by atoms with E-state index in [-0.39, 0.29) is 11.9 Å². The molecule has 0 fully saturated rings. The van der Waals surface area contributed by atoms with Crippen molar-refractivity contribution in [3.63, 3.8) is 0 Å². The molecule has 0 aliphatic carbocycles. The second-order valence-corrected chi connectivity index (χ2v) is 5.22. The molecule has 0 spiro atoms. The number of nitrogens with one attached hydrogen (secondary N) is 1. The minimum Gasteiger partial charge on any atom is -0.388 e. The van der Waals surface area contributed by atoms with Crippen LogP contribution >= 0.6 is 0 Å². The highest BCUT2D eigenvalue weighted by molar-refractivity contribution is 5.92. The van der Waals surface area contributed by atoms with Crippen LogP contribution in [0, 0.1) is 5.92 Å². The fraction of sp³-hybridized carbons (Fsp3) is 0.533. The van der Waals surface area contributed by atoms with Crippen LogP contribution in [0.4, 0.5) is 10.5 Å². The van der Waals surface area contributed by atoms with Gasteiger partial charge < -0.3 is 15.3 Å². The standard InChI is InChI=1S/C15H22N2O2/c1-4-10(5-2)14(18)11-6-7-13-12(8-11)9-17(3)15(19)16-13/h6-8,10,14,18H,4-5,9H2,1-3H3,(H,16,19). The van der Waals surface area contributed by atoms with E-state index in [1.807, 2.05) is 18.2 Å². The summed E-state index contributed by atoms with van der Waals surface area (Å²) >= 11 is 0. The number of nitrogens with zero attached hydrogens (tertiary/aromatic N) is 1. The molecule has 1 aliphatic rings. The lowest BCUT2D eigenvalue weighted by atomic mass is 9.90. The van der Waals surface area contributed by atoms with Gasteiger partial charge in [0.2, 0.25) is 0 Å². The fourth-order valence-corrected chi connectivity index (χ4v) is 2.60. The number of rotatable bonds is 4. The molecule has 1 aromatic rings. The summed E-state index contributed by atoms with van der Waals surface area (Å²) in [6, 6.07) is 5.73. The van der Waals surface area contributed by atoms with Crippen molar-refractivity contribution in [2.75, 3.05) is 12.4 Å². The molecule has 104 valence electrons. The monoisotopic (exact) mass is 262 g/mol. The Bertz CT molecular complexity index is 469. The van der Waals surface area contributed by atoms with E-state index in [9.17, 15) is 9.90 Å². The van der Waals surface area contributed by atoms with Crippen LogP contribution < -0.4 is 5.32 Å². The lowest BCUT2D eigenvalue weighted by molar-refractivity contribution is 0.103. The molecule has 0 radical (unpaired) electrons. The van der Waals surface area contributed by atoms with Crippen LogP contribution in [0.1, 0.15) is 43.9 Å². The van der Waals surface area contributed by atoms with Crippen molar-refractivity contribution in [3.05, 3.63) is 29.3 Å². The number of carbonyl (C=O) groups excluding carboxylic acids is 1. The van der Waals surface area contributed by atoms with Crippen LogP contribution in [-0.4, -0.2) is 23.1 Å². The van der Waals surface area contributed by atoms with Gasteiger partial charge in [0.05, 0.1) is 6.10 Å². The van der Waals surface area contributed by atoms with Crippen molar-refractivity contribution in [1.82, 2.24) is 4.90 Å². The first kappa shape index (κ1) is 13.9. The zero-order chi connectivity index (χ0) is 14.0. The smallest absolute Gasteiger partial charge is 0.321 e. The Morgan fingerprint density at radius 2 is 2.05 bits per heavy atom. The van der Waals surface area contributed by atoms with Gasteiger partial charge in [-0.15, -0.1) is 0 Å². The lowest BCUT2D eigenvalue weighted by Gasteiger charge is -2.28. The average Bonchev–Trinajstić information content (AvgIpc) is 2.41. The molecule has 0 saturated heterocycles. The van der Waals surface area contributed by atoms with Crippen LogP contribution in [0.25, 0.3) is 0 Å². The zero-order valence-corrected chi connectivity index (χ0v) is 11.8. The summed E-state index contributed by atoms with van der Waals surface area (Å²) < 4.78 is 0. The number of carbonyl (C=O) groups is 1. The first-order chi connectivity index (χ1) is 9.06. The maximum Gasteiger partial charge on any atom is 0.321 e.